The van der Waals surface area contributed by atoms with Gasteiger partial charge in [-0.1, -0.05) is 42.5 Å². The van der Waals surface area contributed by atoms with Gasteiger partial charge in [0.2, 0.25) is 15.9 Å². The van der Waals surface area contributed by atoms with Crippen molar-refractivity contribution in [3.05, 3.63) is 65.7 Å². The molecule has 1 aliphatic heterocycles. The minimum absolute atomic E-state index is 0.0899. The fourth-order valence-corrected chi connectivity index (χ4v) is 5.01. The van der Waals surface area contributed by atoms with Crippen molar-refractivity contribution in [2.24, 2.45) is 5.92 Å². The van der Waals surface area contributed by atoms with Crippen molar-refractivity contribution in [3.63, 3.8) is 0 Å². The van der Waals surface area contributed by atoms with E-state index >= 15 is 0 Å². The Labute approximate surface area is 170 Å². The SMILES string of the molecule is COC(=O)c1ccccc1NC(=O)C1CCCN(S(=O)(=O)Cc2ccccc2)C1. The van der Waals surface area contributed by atoms with Crippen LogP contribution < -0.4 is 5.32 Å². The summed E-state index contributed by atoms with van der Waals surface area (Å²) in [6.45, 7) is 0.527. The molecule has 1 N–H and O–H groups in total. The Morgan fingerprint density at radius 1 is 1.10 bits per heavy atom. The Balaban J connectivity index is 1.69. The van der Waals surface area contributed by atoms with E-state index in [9.17, 15) is 18.0 Å². The normalized spacial score (nSPS) is 17.5. The van der Waals surface area contributed by atoms with Crippen LogP contribution in [0.5, 0.6) is 0 Å². The highest BCUT2D eigenvalue weighted by atomic mass is 32.2. The van der Waals surface area contributed by atoms with Gasteiger partial charge in [0, 0.05) is 13.1 Å². The van der Waals surface area contributed by atoms with Crippen molar-refractivity contribution < 1.29 is 22.7 Å². The molecule has 3 rings (SSSR count). The van der Waals surface area contributed by atoms with E-state index in [4.69, 9.17) is 4.74 Å². The standard InChI is InChI=1S/C21H24N2O5S/c1-28-21(25)18-11-5-6-12-19(18)22-20(24)17-10-7-13-23(14-17)29(26,27)15-16-8-3-2-4-9-16/h2-6,8-9,11-12,17H,7,10,13-15H2,1H3,(H,22,24). The number of hydrogen-bond acceptors (Lipinski definition) is 5. The molecule has 0 aliphatic carbocycles. The van der Waals surface area contributed by atoms with E-state index in [1.807, 2.05) is 6.07 Å². The van der Waals surface area contributed by atoms with E-state index < -0.39 is 21.9 Å². The molecule has 2 aromatic carbocycles. The molecule has 1 heterocycles. The molecule has 2 aromatic rings. The van der Waals surface area contributed by atoms with Crippen molar-refractivity contribution in [1.29, 1.82) is 0 Å². The van der Waals surface area contributed by atoms with Gasteiger partial charge in [-0.25, -0.2) is 17.5 Å². The summed E-state index contributed by atoms with van der Waals surface area (Å²) >= 11 is 0. The van der Waals surface area contributed by atoms with E-state index in [0.717, 1.165) is 0 Å². The topological polar surface area (TPSA) is 92.8 Å². The Bertz CT molecular complexity index is 976. The third-order valence-electron chi connectivity index (χ3n) is 4.93. The van der Waals surface area contributed by atoms with Crippen LogP contribution in [0.25, 0.3) is 0 Å². The molecule has 1 amide bonds. The quantitative estimate of drug-likeness (QED) is 0.731. The highest BCUT2D eigenvalue weighted by molar-refractivity contribution is 7.88. The number of benzene rings is 2. The molecule has 7 nitrogen and oxygen atoms in total. The van der Waals surface area contributed by atoms with Gasteiger partial charge in [0.05, 0.1) is 30.0 Å². The molecular formula is C21H24N2O5S. The fraction of sp³-hybridized carbons (Fsp3) is 0.333. The second kappa shape index (κ2) is 9.19. The number of ether oxygens (including phenoxy) is 1. The van der Waals surface area contributed by atoms with Crippen LogP contribution in [-0.2, 0) is 25.3 Å². The number of nitrogens with zero attached hydrogens (tertiary/aromatic N) is 1. The minimum atomic E-state index is -3.52. The van der Waals surface area contributed by atoms with E-state index in [2.05, 4.69) is 5.32 Å². The van der Waals surface area contributed by atoms with Gasteiger partial charge in [0.1, 0.15) is 0 Å². The molecule has 0 spiro atoms. The van der Waals surface area contributed by atoms with E-state index in [0.29, 0.717) is 30.6 Å². The third kappa shape index (κ3) is 5.21. The lowest BCUT2D eigenvalue weighted by atomic mass is 9.98. The summed E-state index contributed by atoms with van der Waals surface area (Å²) in [5.41, 5.74) is 1.33. The van der Waals surface area contributed by atoms with Crippen molar-refractivity contribution in [1.82, 2.24) is 4.31 Å². The van der Waals surface area contributed by atoms with Gasteiger partial charge in [0.25, 0.3) is 0 Å². The first kappa shape index (κ1) is 21.0. The number of rotatable bonds is 6. The molecule has 0 aromatic heterocycles. The van der Waals surface area contributed by atoms with Gasteiger partial charge >= 0.3 is 5.97 Å². The summed E-state index contributed by atoms with van der Waals surface area (Å²) in [5.74, 6) is -1.43. The number of piperidine rings is 1. The molecule has 0 saturated carbocycles. The first-order valence-electron chi connectivity index (χ1n) is 9.40. The number of esters is 1. The van der Waals surface area contributed by atoms with Crippen LogP contribution in [0, 0.1) is 5.92 Å². The van der Waals surface area contributed by atoms with Gasteiger partial charge in [-0.2, -0.15) is 0 Å². The number of hydrogen-bond donors (Lipinski definition) is 1. The highest BCUT2D eigenvalue weighted by Crippen LogP contribution is 2.24. The molecule has 29 heavy (non-hydrogen) atoms. The predicted octanol–water partition coefficient (Wildman–Crippen LogP) is 2.65. The maximum Gasteiger partial charge on any atom is 0.339 e. The number of nitrogens with one attached hydrogen (secondary N) is 1. The fourth-order valence-electron chi connectivity index (χ4n) is 3.40. The summed E-state index contributed by atoms with van der Waals surface area (Å²) in [6.07, 6.45) is 1.19. The number of methoxy groups -OCH3 is 1. The molecule has 0 radical (unpaired) electrons. The van der Waals surface area contributed by atoms with E-state index in [1.54, 1.807) is 48.5 Å². The lowest BCUT2D eigenvalue weighted by Gasteiger charge is -2.31. The second-order valence-corrected chi connectivity index (χ2v) is 8.93. The van der Waals surface area contributed by atoms with Crippen LogP contribution >= 0.6 is 0 Å². The number of amides is 1. The van der Waals surface area contributed by atoms with Gasteiger partial charge in [0.15, 0.2) is 0 Å². The highest BCUT2D eigenvalue weighted by Gasteiger charge is 2.32. The van der Waals surface area contributed by atoms with Crippen molar-refractivity contribution >= 4 is 27.6 Å². The smallest absolute Gasteiger partial charge is 0.339 e. The maximum atomic E-state index is 12.8. The van der Waals surface area contributed by atoms with E-state index in [-0.39, 0.29) is 23.8 Å². The lowest BCUT2D eigenvalue weighted by Crippen LogP contribution is -2.44. The summed E-state index contributed by atoms with van der Waals surface area (Å²) < 4.78 is 31.7. The number of anilines is 1. The van der Waals surface area contributed by atoms with Crippen LogP contribution in [0.2, 0.25) is 0 Å². The zero-order valence-corrected chi connectivity index (χ0v) is 17.0. The molecule has 1 unspecified atom stereocenters. The zero-order valence-electron chi connectivity index (χ0n) is 16.2. The Kier molecular flexibility index (Phi) is 6.66. The van der Waals surface area contributed by atoms with Gasteiger partial charge in [-0.05, 0) is 30.5 Å². The number of carbonyl (C=O) groups is 2. The minimum Gasteiger partial charge on any atom is -0.465 e. The number of carbonyl (C=O) groups excluding carboxylic acids is 2. The monoisotopic (exact) mass is 416 g/mol. The van der Waals surface area contributed by atoms with Gasteiger partial charge in [-0.3, -0.25) is 4.79 Å². The summed E-state index contributed by atoms with van der Waals surface area (Å²) in [4.78, 5) is 24.7. The summed E-state index contributed by atoms with van der Waals surface area (Å²) in [5, 5.41) is 2.76. The molecule has 1 saturated heterocycles. The van der Waals surface area contributed by atoms with Crippen molar-refractivity contribution in [3.8, 4) is 0 Å². The second-order valence-electron chi connectivity index (χ2n) is 6.97. The summed E-state index contributed by atoms with van der Waals surface area (Å²) in [7, 11) is -2.25. The lowest BCUT2D eigenvalue weighted by molar-refractivity contribution is -0.120. The van der Waals surface area contributed by atoms with Crippen molar-refractivity contribution in [2.45, 2.75) is 18.6 Å². The maximum absolute atomic E-state index is 12.8. The molecule has 8 heteroatoms. The predicted molar refractivity (Wildman–Crippen MR) is 110 cm³/mol. The molecule has 1 fully saturated rings. The molecule has 1 atom stereocenters. The molecule has 0 bridgehead atoms. The van der Waals surface area contributed by atoms with Crippen LogP contribution in [0.1, 0.15) is 28.8 Å². The Morgan fingerprint density at radius 2 is 1.79 bits per heavy atom. The van der Waals surface area contributed by atoms with Crippen LogP contribution in [-0.4, -0.2) is 44.8 Å². The Hall–Kier alpha value is -2.71. The van der Waals surface area contributed by atoms with Crippen LogP contribution in [0.4, 0.5) is 5.69 Å². The van der Waals surface area contributed by atoms with Crippen LogP contribution in [0.3, 0.4) is 0 Å². The Morgan fingerprint density at radius 3 is 2.52 bits per heavy atom. The average molecular weight is 416 g/mol. The number of para-hydroxylation sites is 1. The van der Waals surface area contributed by atoms with Crippen LogP contribution in [0.15, 0.2) is 54.6 Å². The van der Waals surface area contributed by atoms with Gasteiger partial charge < -0.3 is 10.1 Å². The molecule has 154 valence electrons. The molecular weight excluding hydrogens is 392 g/mol. The van der Waals surface area contributed by atoms with Crippen molar-refractivity contribution in [2.75, 3.05) is 25.5 Å². The van der Waals surface area contributed by atoms with E-state index in [1.165, 1.54) is 11.4 Å². The van der Waals surface area contributed by atoms with Gasteiger partial charge in [-0.15, -0.1) is 0 Å². The largest absolute Gasteiger partial charge is 0.465 e. The number of sulfonamides is 1. The first-order valence-corrected chi connectivity index (χ1v) is 11.0. The third-order valence-corrected chi connectivity index (χ3v) is 6.75. The first-order chi connectivity index (χ1) is 13.9. The summed E-state index contributed by atoms with van der Waals surface area (Å²) in [6, 6.07) is 15.6. The average Bonchev–Trinajstić information content (AvgIpc) is 2.74. The zero-order chi connectivity index (χ0) is 20.9. The molecule has 1 aliphatic rings.